The lowest BCUT2D eigenvalue weighted by atomic mass is 10.1. The van der Waals surface area contributed by atoms with E-state index in [0.29, 0.717) is 6.54 Å². The molecule has 76 valence electrons. The molecule has 0 aromatic carbocycles. The normalized spacial score (nSPS) is 19.7. The Morgan fingerprint density at radius 1 is 1.54 bits per heavy atom. The molecule has 1 amide bonds. The monoisotopic (exact) mass is 186 g/mol. The van der Waals surface area contributed by atoms with E-state index in [1.54, 1.807) is 0 Å². The maximum atomic E-state index is 10.9. The van der Waals surface area contributed by atoms with E-state index < -0.39 is 6.09 Å². The minimum absolute atomic E-state index is 0.244. The van der Waals surface area contributed by atoms with Crippen molar-refractivity contribution < 1.29 is 9.90 Å². The Kier molecular flexibility index (Phi) is 2.28. The molecule has 0 spiro atoms. The predicted octanol–water partition coefficient (Wildman–Crippen LogP) is 1.26. The third-order valence-electron chi connectivity index (χ3n) is 2.41. The van der Waals surface area contributed by atoms with Crippen molar-refractivity contribution in [3.05, 3.63) is 0 Å². The highest BCUT2D eigenvalue weighted by Crippen LogP contribution is 2.34. The first-order valence-corrected chi connectivity index (χ1v) is 4.54. The summed E-state index contributed by atoms with van der Waals surface area (Å²) in [4.78, 5) is 12.3. The van der Waals surface area contributed by atoms with Gasteiger partial charge in [0.25, 0.3) is 0 Å². The summed E-state index contributed by atoms with van der Waals surface area (Å²) in [5.41, 5.74) is 5.27. The Morgan fingerprint density at radius 2 is 2.00 bits per heavy atom. The lowest BCUT2D eigenvalue weighted by molar-refractivity contribution is 0.0940. The van der Waals surface area contributed by atoms with Gasteiger partial charge in [-0.15, -0.1) is 0 Å². The number of nitrogens with two attached hydrogens (primary N) is 1. The van der Waals surface area contributed by atoms with Gasteiger partial charge in [-0.05, 0) is 33.6 Å². The molecular weight excluding hydrogens is 168 g/mol. The van der Waals surface area contributed by atoms with E-state index >= 15 is 0 Å². The molecule has 0 aliphatic heterocycles. The molecule has 1 fully saturated rings. The van der Waals surface area contributed by atoms with Crippen LogP contribution in [0.25, 0.3) is 0 Å². The standard InChI is InChI=1S/C9H18N2O2/c1-8(2,3)11(7(12)13)6-9(10)4-5-9/h4-6,10H2,1-3H3,(H,12,13). The SMILES string of the molecule is CC(C)(C)N(CC1(N)CC1)C(=O)O. The van der Waals surface area contributed by atoms with Gasteiger partial charge in [-0.3, -0.25) is 0 Å². The number of carboxylic acid groups (broad SMARTS) is 1. The third kappa shape index (κ3) is 2.59. The van der Waals surface area contributed by atoms with E-state index in [2.05, 4.69) is 0 Å². The van der Waals surface area contributed by atoms with Crippen molar-refractivity contribution >= 4 is 6.09 Å². The van der Waals surface area contributed by atoms with E-state index in [1.165, 1.54) is 4.90 Å². The number of hydrogen-bond donors (Lipinski definition) is 2. The summed E-state index contributed by atoms with van der Waals surface area (Å²) in [6, 6.07) is 0. The van der Waals surface area contributed by atoms with E-state index in [1.807, 2.05) is 20.8 Å². The van der Waals surface area contributed by atoms with Gasteiger partial charge in [0.1, 0.15) is 0 Å². The molecule has 0 heterocycles. The second-order valence-electron chi connectivity index (χ2n) is 4.90. The largest absolute Gasteiger partial charge is 0.465 e. The van der Waals surface area contributed by atoms with Crippen LogP contribution in [0, 0.1) is 0 Å². The third-order valence-corrected chi connectivity index (χ3v) is 2.41. The van der Waals surface area contributed by atoms with Gasteiger partial charge in [-0.1, -0.05) is 0 Å². The van der Waals surface area contributed by atoms with Crippen LogP contribution in [-0.2, 0) is 0 Å². The lowest BCUT2D eigenvalue weighted by Crippen LogP contribution is -2.51. The van der Waals surface area contributed by atoms with Gasteiger partial charge < -0.3 is 15.7 Å². The first-order valence-electron chi connectivity index (χ1n) is 4.54. The lowest BCUT2D eigenvalue weighted by Gasteiger charge is -2.35. The molecule has 1 aliphatic rings. The highest BCUT2D eigenvalue weighted by Gasteiger charge is 2.43. The van der Waals surface area contributed by atoms with Gasteiger partial charge in [0, 0.05) is 17.6 Å². The summed E-state index contributed by atoms with van der Waals surface area (Å²) >= 11 is 0. The van der Waals surface area contributed by atoms with Gasteiger partial charge in [0.05, 0.1) is 0 Å². The average molecular weight is 186 g/mol. The molecule has 4 heteroatoms. The van der Waals surface area contributed by atoms with Crippen molar-refractivity contribution in [1.82, 2.24) is 4.90 Å². The average Bonchev–Trinajstić information content (AvgIpc) is 2.61. The van der Waals surface area contributed by atoms with Crippen LogP contribution in [0.15, 0.2) is 0 Å². The van der Waals surface area contributed by atoms with Crippen molar-refractivity contribution in [2.75, 3.05) is 6.54 Å². The molecule has 0 aromatic heterocycles. The molecule has 1 aliphatic carbocycles. The van der Waals surface area contributed by atoms with Crippen LogP contribution in [0.4, 0.5) is 4.79 Å². The molecule has 0 unspecified atom stereocenters. The number of amides is 1. The van der Waals surface area contributed by atoms with Crippen LogP contribution in [-0.4, -0.2) is 33.7 Å². The molecule has 1 rings (SSSR count). The van der Waals surface area contributed by atoms with Crippen LogP contribution in [0.1, 0.15) is 33.6 Å². The van der Waals surface area contributed by atoms with Crippen LogP contribution >= 0.6 is 0 Å². The van der Waals surface area contributed by atoms with Gasteiger partial charge in [0.15, 0.2) is 0 Å². The summed E-state index contributed by atoms with van der Waals surface area (Å²) in [5.74, 6) is 0. The second-order valence-corrected chi connectivity index (χ2v) is 4.90. The fraction of sp³-hybridized carbons (Fsp3) is 0.889. The van der Waals surface area contributed by atoms with E-state index in [4.69, 9.17) is 10.8 Å². The highest BCUT2D eigenvalue weighted by atomic mass is 16.4. The van der Waals surface area contributed by atoms with Gasteiger partial charge in [-0.25, -0.2) is 4.79 Å². The van der Waals surface area contributed by atoms with Crippen molar-refractivity contribution in [3.63, 3.8) is 0 Å². The molecule has 1 saturated carbocycles. The molecule has 3 N–H and O–H groups in total. The summed E-state index contributed by atoms with van der Waals surface area (Å²) in [6.07, 6.45) is 0.990. The molecule has 0 saturated heterocycles. The number of carbonyl (C=O) groups is 1. The Balaban J connectivity index is 2.63. The number of rotatable bonds is 2. The van der Waals surface area contributed by atoms with Crippen LogP contribution in [0.2, 0.25) is 0 Å². The van der Waals surface area contributed by atoms with Gasteiger partial charge in [-0.2, -0.15) is 0 Å². The topological polar surface area (TPSA) is 66.6 Å². The van der Waals surface area contributed by atoms with Crippen molar-refractivity contribution in [1.29, 1.82) is 0 Å². The highest BCUT2D eigenvalue weighted by molar-refractivity contribution is 5.66. The summed E-state index contributed by atoms with van der Waals surface area (Å²) < 4.78 is 0. The van der Waals surface area contributed by atoms with Crippen molar-refractivity contribution in [2.24, 2.45) is 5.73 Å². The zero-order chi connectivity index (χ0) is 10.3. The summed E-state index contributed by atoms with van der Waals surface area (Å²) in [7, 11) is 0. The molecule has 0 bridgehead atoms. The minimum atomic E-state index is -0.885. The summed E-state index contributed by atoms with van der Waals surface area (Å²) in [5, 5.41) is 8.97. The molecule has 0 atom stereocenters. The number of hydrogen-bond acceptors (Lipinski definition) is 2. The quantitative estimate of drug-likeness (QED) is 0.682. The van der Waals surface area contributed by atoms with Crippen molar-refractivity contribution in [3.8, 4) is 0 Å². The first kappa shape index (κ1) is 10.3. The smallest absolute Gasteiger partial charge is 0.407 e. The van der Waals surface area contributed by atoms with Crippen LogP contribution < -0.4 is 5.73 Å². The Morgan fingerprint density at radius 3 is 2.23 bits per heavy atom. The van der Waals surface area contributed by atoms with Crippen LogP contribution in [0.5, 0.6) is 0 Å². The maximum absolute atomic E-state index is 10.9. The molecular formula is C9H18N2O2. The fourth-order valence-electron chi connectivity index (χ4n) is 1.23. The van der Waals surface area contributed by atoms with E-state index in [0.717, 1.165) is 12.8 Å². The Labute approximate surface area is 78.7 Å². The maximum Gasteiger partial charge on any atom is 0.407 e. The zero-order valence-corrected chi connectivity index (χ0v) is 8.50. The fourth-order valence-corrected chi connectivity index (χ4v) is 1.23. The Hall–Kier alpha value is -0.770. The first-order chi connectivity index (χ1) is 5.75. The minimum Gasteiger partial charge on any atom is -0.465 e. The van der Waals surface area contributed by atoms with Gasteiger partial charge in [0.2, 0.25) is 0 Å². The van der Waals surface area contributed by atoms with E-state index in [-0.39, 0.29) is 11.1 Å². The summed E-state index contributed by atoms with van der Waals surface area (Å²) in [6.45, 7) is 6.10. The van der Waals surface area contributed by atoms with Gasteiger partial charge >= 0.3 is 6.09 Å². The molecule has 0 aromatic rings. The van der Waals surface area contributed by atoms with Crippen molar-refractivity contribution in [2.45, 2.75) is 44.7 Å². The Bertz CT molecular complexity index is 216. The van der Waals surface area contributed by atoms with E-state index in [9.17, 15) is 4.79 Å². The predicted molar refractivity (Wildman–Crippen MR) is 50.6 cm³/mol. The molecule has 4 nitrogen and oxygen atoms in total. The molecule has 13 heavy (non-hydrogen) atoms. The molecule has 0 radical (unpaired) electrons. The number of nitrogens with zero attached hydrogens (tertiary/aromatic N) is 1. The second kappa shape index (κ2) is 2.87. The zero-order valence-electron chi connectivity index (χ0n) is 8.50. The van der Waals surface area contributed by atoms with Crippen LogP contribution in [0.3, 0.4) is 0 Å².